The SMILES string of the molecule is COC(=O)C(NCCN(C)C)C1CCCOC1. The van der Waals surface area contributed by atoms with Crippen molar-refractivity contribution in [3.8, 4) is 0 Å². The number of nitrogens with zero attached hydrogens (tertiary/aromatic N) is 1. The molecule has 5 heteroatoms. The van der Waals surface area contributed by atoms with Gasteiger partial charge < -0.3 is 19.7 Å². The highest BCUT2D eigenvalue weighted by atomic mass is 16.5. The predicted octanol–water partition coefficient (Wildman–Crippen LogP) is 0.106. The molecule has 100 valence electrons. The lowest BCUT2D eigenvalue weighted by molar-refractivity contribution is -0.146. The fraction of sp³-hybridized carbons (Fsp3) is 0.917. The first-order chi connectivity index (χ1) is 8.15. The number of hydrogen-bond acceptors (Lipinski definition) is 5. The van der Waals surface area contributed by atoms with E-state index in [0.29, 0.717) is 6.61 Å². The van der Waals surface area contributed by atoms with Gasteiger partial charge >= 0.3 is 5.97 Å². The molecule has 0 spiro atoms. The van der Waals surface area contributed by atoms with Gasteiger partial charge in [0.15, 0.2) is 0 Å². The van der Waals surface area contributed by atoms with Crippen LogP contribution in [0.5, 0.6) is 0 Å². The van der Waals surface area contributed by atoms with Gasteiger partial charge in [-0.3, -0.25) is 4.79 Å². The zero-order valence-corrected chi connectivity index (χ0v) is 11.1. The van der Waals surface area contributed by atoms with E-state index < -0.39 is 0 Å². The predicted molar refractivity (Wildman–Crippen MR) is 65.9 cm³/mol. The van der Waals surface area contributed by atoms with Crippen LogP contribution in [0.1, 0.15) is 12.8 Å². The Hall–Kier alpha value is -0.650. The van der Waals surface area contributed by atoms with E-state index in [-0.39, 0.29) is 17.9 Å². The van der Waals surface area contributed by atoms with Crippen molar-refractivity contribution in [3.05, 3.63) is 0 Å². The molecule has 0 aromatic heterocycles. The molecule has 5 nitrogen and oxygen atoms in total. The van der Waals surface area contributed by atoms with Gasteiger partial charge in [-0.05, 0) is 26.9 Å². The van der Waals surface area contributed by atoms with Crippen molar-refractivity contribution in [3.63, 3.8) is 0 Å². The van der Waals surface area contributed by atoms with Crippen molar-refractivity contribution in [2.24, 2.45) is 5.92 Å². The second-order valence-corrected chi connectivity index (χ2v) is 4.74. The maximum absolute atomic E-state index is 11.7. The summed E-state index contributed by atoms with van der Waals surface area (Å²) in [6.45, 7) is 3.14. The summed E-state index contributed by atoms with van der Waals surface area (Å²) in [6, 6.07) is -0.236. The van der Waals surface area contributed by atoms with Crippen LogP contribution in [0.15, 0.2) is 0 Å². The van der Waals surface area contributed by atoms with Crippen LogP contribution in [0.3, 0.4) is 0 Å². The van der Waals surface area contributed by atoms with E-state index in [4.69, 9.17) is 9.47 Å². The van der Waals surface area contributed by atoms with Crippen LogP contribution in [-0.4, -0.2) is 64.4 Å². The molecule has 0 aliphatic carbocycles. The first-order valence-corrected chi connectivity index (χ1v) is 6.19. The third-order valence-electron chi connectivity index (χ3n) is 3.05. The fourth-order valence-corrected chi connectivity index (χ4v) is 2.04. The third-order valence-corrected chi connectivity index (χ3v) is 3.05. The highest BCUT2D eigenvalue weighted by Crippen LogP contribution is 2.18. The monoisotopic (exact) mass is 244 g/mol. The van der Waals surface area contributed by atoms with Crippen LogP contribution < -0.4 is 5.32 Å². The van der Waals surface area contributed by atoms with Gasteiger partial charge in [-0.25, -0.2) is 0 Å². The van der Waals surface area contributed by atoms with Gasteiger partial charge in [0.2, 0.25) is 0 Å². The maximum Gasteiger partial charge on any atom is 0.323 e. The Kier molecular flexibility index (Phi) is 6.47. The van der Waals surface area contributed by atoms with Crippen molar-refractivity contribution < 1.29 is 14.3 Å². The van der Waals surface area contributed by atoms with E-state index in [0.717, 1.165) is 32.5 Å². The van der Waals surface area contributed by atoms with Gasteiger partial charge in [0.25, 0.3) is 0 Å². The van der Waals surface area contributed by atoms with E-state index in [9.17, 15) is 4.79 Å². The Morgan fingerprint density at radius 2 is 2.35 bits per heavy atom. The summed E-state index contributed by atoms with van der Waals surface area (Å²) in [6.07, 6.45) is 2.04. The van der Waals surface area contributed by atoms with Crippen molar-refractivity contribution in [1.82, 2.24) is 10.2 Å². The molecule has 0 amide bonds. The summed E-state index contributed by atoms with van der Waals surface area (Å²) in [5, 5.41) is 3.28. The smallest absolute Gasteiger partial charge is 0.323 e. The Labute approximate surface area is 103 Å². The molecule has 2 atom stereocenters. The van der Waals surface area contributed by atoms with Gasteiger partial charge in [-0.15, -0.1) is 0 Å². The fourth-order valence-electron chi connectivity index (χ4n) is 2.04. The lowest BCUT2D eigenvalue weighted by Gasteiger charge is -2.29. The van der Waals surface area contributed by atoms with Crippen molar-refractivity contribution in [2.45, 2.75) is 18.9 Å². The van der Waals surface area contributed by atoms with Crippen LogP contribution in [-0.2, 0) is 14.3 Å². The standard InChI is InChI=1S/C12H24N2O3/c1-14(2)7-6-13-11(12(15)16-3)10-5-4-8-17-9-10/h10-11,13H,4-9H2,1-3H3. The normalized spacial score (nSPS) is 22.5. The summed E-state index contributed by atoms with van der Waals surface area (Å²) in [5.74, 6) is 0.0534. The molecule has 1 rings (SSSR count). The zero-order chi connectivity index (χ0) is 12.7. The zero-order valence-electron chi connectivity index (χ0n) is 11.1. The highest BCUT2D eigenvalue weighted by molar-refractivity contribution is 5.76. The van der Waals surface area contributed by atoms with Crippen molar-refractivity contribution >= 4 is 5.97 Å². The molecule has 1 N–H and O–H groups in total. The molecule has 1 aliphatic heterocycles. The summed E-state index contributed by atoms with van der Waals surface area (Å²) >= 11 is 0. The van der Waals surface area contributed by atoms with Crippen LogP contribution >= 0.6 is 0 Å². The second kappa shape index (κ2) is 7.63. The van der Waals surface area contributed by atoms with Crippen LogP contribution in [0.25, 0.3) is 0 Å². The highest BCUT2D eigenvalue weighted by Gasteiger charge is 2.30. The van der Waals surface area contributed by atoms with E-state index in [2.05, 4.69) is 10.2 Å². The van der Waals surface area contributed by atoms with E-state index in [1.165, 1.54) is 7.11 Å². The second-order valence-electron chi connectivity index (χ2n) is 4.74. The quantitative estimate of drug-likeness (QED) is 0.672. The number of nitrogens with one attached hydrogen (secondary N) is 1. The molecule has 1 heterocycles. The average molecular weight is 244 g/mol. The minimum absolute atomic E-state index is 0.181. The lowest BCUT2D eigenvalue weighted by Crippen LogP contribution is -2.48. The molecule has 0 bridgehead atoms. The number of rotatable bonds is 6. The summed E-state index contributed by atoms with van der Waals surface area (Å²) in [5.41, 5.74) is 0. The Balaban J connectivity index is 2.44. The molecule has 0 aromatic rings. The number of carbonyl (C=O) groups is 1. The molecule has 1 aliphatic rings. The third kappa shape index (κ3) is 5.02. The van der Waals surface area contributed by atoms with Gasteiger partial charge in [-0.1, -0.05) is 0 Å². The van der Waals surface area contributed by atoms with E-state index in [1.54, 1.807) is 0 Å². The largest absolute Gasteiger partial charge is 0.468 e. The minimum Gasteiger partial charge on any atom is -0.468 e. The molecule has 1 saturated heterocycles. The number of esters is 1. The Bertz CT molecular complexity index is 228. The number of methoxy groups -OCH3 is 1. The topological polar surface area (TPSA) is 50.8 Å². The molecule has 17 heavy (non-hydrogen) atoms. The first kappa shape index (κ1) is 14.4. The summed E-state index contributed by atoms with van der Waals surface area (Å²) in [4.78, 5) is 13.8. The molecular weight excluding hydrogens is 220 g/mol. The molecule has 0 radical (unpaired) electrons. The molecular formula is C12H24N2O3. The Morgan fingerprint density at radius 3 is 2.88 bits per heavy atom. The molecule has 0 saturated carbocycles. The summed E-state index contributed by atoms with van der Waals surface area (Å²) < 4.78 is 10.3. The summed E-state index contributed by atoms with van der Waals surface area (Å²) in [7, 11) is 5.46. The first-order valence-electron chi connectivity index (χ1n) is 6.19. The van der Waals surface area contributed by atoms with E-state index >= 15 is 0 Å². The van der Waals surface area contributed by atoms with Crippen molar-refractivity contribution in [2.75, 3.05) is 47.5 Å². The molecule has 2 unspecified atom stereocenters. The van der Waals surface area contributed by atoms with Gasteiger partial charge in [0.05, 0.1) is 13.7 Å². The van der Waals surface area contributed by atoms with Crippen LogP contribution in [0, 0.1) is 5.92 Å². The average Bonchev–Trinajstić information content (AvgIpc) is 2.34. The number of hydrogen-bond donors (Lipinski definition) is 1. The molecule has 1 fully saturated rings. The van der Waals surface area contributed by atoms with Gasteiger partial charge in [-0.2, -0.15) is 0 Å². The maximum atomic E-state index is 11.7. The molecule has 0 aromatic carbocycles. The minimum atomic E-state index is -0.236. The van der Waals surface area contributed by atoms with Gasteiger partial charge in [0.1, 0.15) is 6.04 Å². The van der Waals surface area contributed by atoms with Crippen molar-refractivity contribution in [1.29, 1.82) is 0 Å². The van der Waals surface area contributed by atoms with Crippen LogP contribution in [0.4, 0.5) is 0 Å². The lowest BCUT2D eigenvalue weighted by atomic mass is 9.93. The van der Waals surface area contributed by atoms with Gasteiger partial charge in [0, 0.05) is 25.6 Å². The number of carbonyl (C=O) groups excluding carboxylic acids is 1. The van der Waals surface area contributed by atoms with Crippen LogP contribution in [0.2, 0.25) is 0 Å². The Morgan fingerprint density at radius 1 is 1.59 bits per heavy atom. The number of ether oxygens (including phenoxy) is 2. The van der Waals surface area contributed by atoms with E-state index in [1.807, 2.05) is 14.1 Å². The number of likely N-dealkylation sites (N-methyl/N-ethyl adjacent to an activating group) is 1.